The minimum absolute atomic E-state index is 0.320. The van der Waals surface area contributed by atoms with E-state index in [1.807, 2.05) is 31.2 Å². The van der Waals surface area contributed by atoms with Gasteiger partial charge in [0.05, 0.1) is 6.61 Å². The molecule has 82 valence electrons. The molecule has 0 unspecified atom stereocenters. The first-order chi connectivity index (χ1) is 7.24. The Hall–Kier alpha value is -1.28. The SMILES string of the molecule is C=C(C)c1ccc(OCOCCC)cc1. The van der Waals surface area contributed by atoms with Crippen LogP contribution >= 0.6 is 0 Å². The molecule has 0 aliphatic rings. The number of hydrogen-bond donors (Lipinski definition) is 0. The summed E-state index contributed by atoms with van der Waals surface area (Å²) in [6.45, 7) is 8.99. The van der Waals surface area contributed by atoms with Crippen molar-refractivity contribution in [3.8, 4) is 5.75 Å². The number of ether oxygens (including phenoxy) is 2. The van der Waals surface area contributed by atoms with Gasteiger partial charge in [0.25, 0.3) is 0 Å². The van der Waals surface area contributed by atoms with E-state index in [0.717, 1.165) is 29.9 Å². The van der Waals surface area contributed by atoms with E-state index in [2.05, 4.69) is 13.5 Å². The summed E-state index contributed by atoms with van der Waals surface area (Å²) in [7, 11) is 0. The lowest BCUT2D eigenvalue weighted by atomic mass is 10.1. The van der Waals surface area contributed by atoms with E-state index >= 15 is 0 Å². The van der Waals surface area contributed by atoms with Crippen LogP contribution < -0.4 is 4.74 Å². The van der Waals surface area contributed by atoms with E-state index in [-0.39, 0.29) is 0 Å². The van der Waals surface area contributed by atoms with Gasteiger partial charge in [-0.05, 0) is 31.0 Å². The lowest BCUT2D eigenvalue weighted by Gasteiger charge is -2.07. The zero-order valence-corrected chi connectivity index (χ0v) is 9.45. The highest BCUT2D eigenvalue weighted by Gasteiger charge is 1.95. The third kappa shape index (κ3) is 4.17. The monoisotopic (exact) mass is 206 g/mol. The fourth-order valence-corrected chi connectivity index (χ4v) is 1.15. The first-order valence-electron chi connectivity index (χ1n) is 5.20. The molecule has 1 aromatic carbocycles. The summed E-state index contributed by atoms with van der Waals surface area (Å²) in [5, 5.41) is 0. The van der Waals surface area contributed by atoms with Crippen LogP contribution in [0.2, 0.25) is 0 Å². The molecule has 0 amide bonds. The van der Waals surface area contributed by atoms with Gasteiger partial charge in [0.1, 0.15) is 5.75 Å². The molecular weight excluding hydrogens is 188 g/mol. The van der Waals surface area contributed by atoms with Crippen molar-refractivity contribution in [3.05, 3.63) is 36.4 Å². The summed E-state index contributed by atoms with van der Waals surface area (Å²) in [4.78, 5) is 0. The number of allylic oxidation sites excluding steroid dienone is 1. The summed E-state index contributed by atoms with van der Waals surface area (Å²) in [5.41, 5.74) is 2.20. The van der Waals surface area contributed by atoms with Crippen molar-refractivity contribution in [1.29, 1.82) is 0 Å². The van der Waals surface area contributed by atoms with Crippen LogP contribution in [0.3, 0.4) is 0 Å². The second-order valence-corrected chi connectivity index (χ2v) is 3.48. The number of hydrogen-bond acceptors (Lipinski definition) is 2. The van der Waals surface area contributed by atoms with Gasteiger partial charge in [-0.25, -0.2) is 0 Å². The summed E-state index contributed by atoms with van der Waals surface area (Å²) >= 11 is 0. The van der Waals surface area contributed by atoms with Gasteiger partial charge in [-0.3, -0.25) is 0 Å². The van der Waals surface area contributed by atoms with E-state index in [0.29, 0.717) is 6.79 Å². The molecule has 1 aromatic rings. The second-order valence-electron chi connectivity index (χ2n) is 3.48. The normalized spacial score (nSPS) is 10.0. The van der Waals surface area contributed by atoms with Gasteiger partial charge in [-0.1, -0.05) is 31.2 Å². The number of benzene rings is 1. The third-order valence-electron chi connectivity index (χ3n) is 2.00. The van der Waals surface area contributed by atoms with Crippen molar-refractivity contribution in [2.45, 2.75) is 20.3 Å². The lowest BCUT2D eigenvalue weighted by Crippen LogP contribution is -2.03. The Labute approximate surface area is 91.5 Å². The van der Waals surface area contributed by atoms with Crippen LogP contribution in [0, 0.1) is 0 Å². The molecule has 0 atom stereocenters. The van der Waals surface area contributed by atoms with Gasteiger partial charge in [0, 0.05) is 0 Å². The van der Waals surface area contributed by atoms with Gasteiger partial charge in [-0.15, -0.1) is 0 Å². The maximum Gasteiger partial charge on any atom is 0.189 e. The highest BCUT2D eigenvalue weighted by Crippen LogP contribution is 2.16. The van der Waals surface area contributed by atoms with Crippen molar-refractivity contribution in [2.24, 2.45) is 0 Å². The molecule has 1 rings (SSSR count). The zero-order chi connectivity index (χ0) is 11.1. The molecule has 0 spiro atoms. The van der Waals surface area contributed by atoms with Gasteiger partial charge in [-0.2, -0.15) is 0 Å². The Balaban J connectivity index is 2.39. The van der Waals surface area contributed by atoms with Gasteiger partial charge in [0.2, 0.25) is 0 Å². The zero-order valence-electron chi connectivity index (χ0n) is 9.45. The van der Waals surface area contributed by atoms with E-state index in [4.69, 9.17) is 9.47 Å². The van der Waals surface area contributed by atoms with E-state index < -0.39 is 0 Å². The van der Waals surface area contributed by atoms with Gasteiger partial charge < -0.3 is 9.47 Å². The molecule has 2 nitrogen and oxygen atoms in total. The molecule has 0 saturated heterocycles. The second kappa shape index (κ2) is 6.25. The predicted molar refractivity (Wildman–Crippen MR) is 62.9 cm³/mol. The van der Waals surface area contributed by atoms with Crippen molar-refractivity contribution in [3.63, 3.8) is 0 Å². The molecule has 0 saturated carbocycles. The summed E-state index contributed by atoms with van der Waals surface area (Å²) < 4.78 is 10.6. The molecule has 2 heteroatoms. The fourth-order valence-electron chi connectivity index (χ4n) is 1.15. The van der Waals surface area contributed by atoms with Crippen LogP contribution in [0.4, 0.5) is 0 Å². The largest absolute Gasteiger partial charge is 0.468 e. The van der Waals surface area contributed by atoms with Gasteiger partial charge in [0.15, 0.2) is 6.79 Å². The van der Waals surface area contributed by atoms with Crippen molar-refractivity contribution < 1.29 is 9.47 Å². The quantitative estimate of drug-likeness (QED) is 0.524. The van der Waals surface area contributed by atoms with Crippen LogP contribution in [-0.4, -0.2) is 13.4 Å². The van der Waals surface area contributed by atoms with Crippen molar-refractivity contribution >= 4 is 5.57 Å². The smallest absolute Gasteiger partial charge is 0.189 e. The molecule has 0 bridgehead atoms. The first-order valence-corrected chi connectivity index (χ1v) is 5.20. The molecule has 0 radical (unpaired) electrons. The van der Waals surface area contributed by atoms with Crippen LogP contribution in [0.25, 0.3) is 5.57 Å². The Bertz CT molecular complexity index is 301. The summed E-state index contributed by atoms with van der Waals surface area (Å²) in [6.07, 6.45) is 1.01. The Morgan fingerprint density at radius 1 is 1.27 bits per heavy atom. The maximum absolute atomic E-state index is 5.39. The highest BCUT2D eigenvalue weighted by molar-refractivity contribution is 5.61. The summed E-state index contributed by atoms with van der Waals surface area (Å²) in [5.74, 6) is 0.830. The fraction of sp³-hybridized carbons (Fsp3) is 0.385. The number of rotatable bonds is 6. The summed E-state index contributed by atoms with van der Waals surface area (Å²) in [6, 6.07) is 7.85. The third-order valence-corrected chi connectivity index (χ3v) is 2.00. The van der Waals surface area contributed by atoms with Crippen LogP contribution in [-0.2, 0) is 4.74 Å². The van der Waals surface area contributed by atoms with Crippen molar-refractivity contribution in [2.75, 3.05) is 13.4 Å². The Kier molecular flexibility index (Phi) is 4.91. The molecule has 0 aliphatic heterocycles. The van der Waals surface area contributed by atoms with Crippen LogP contribution in [0.15, 0.2) is 30.8 Å². The van der Waals surface area contributed by atoms with Gasteiger partial charge >= 0.3 is 0 Å². The van der Waals surface area contributed by atoms with E-state index in [1.165, 1.54) is 0 Å². The molecule has 15 heavy (non-hydrogen) atoms. The Morgan fingerprint density at radius 3 is 2.47 bits per heavy atom. The molecule has 0 aromatic heterocycles. The van der Waals surface area contributed by atoms with Crippen LogP contribution in [0.1, 0.15) is 25.8 Å². The van der Waals surface area contributed by atoms with E-state index in [9.17, 15) is 0 Å². The molecular formula is C13H18O2. The average molecular weight is 206 g/mol. The molecule has 0 fully saturated rings. The molecule has 0 heterocycles. The first kappa shape index (κ1) is 11.8. The molecule has 0 N–H and O–H groups in total. The van der Waals surface area contributed by atoms with Crippen LogP contribution in [0.5, 0.6) is 5.75 Å². The average Bonchev–Trinajstić information content (AvgIpc) is 2.25. The van der Waals surface area contributed by atoms with Crippen molar-refractivity contribution in [1.82, 2.24) is 0 Å². The minimum Gasteiger partial charge on any atom is -0.468 e. The molecule has 0 aliphatic carbocycles. The standard InChI is InChI=1S/C13H18O2/c1-4-9-14-10-15-13-7-5-12(6-8-13)11(2)3/h5-8H,2,4,9-10H2,1,3H3. The lowest BCUT2D eigenvalue weighted by molar-refractivity contribution is 0.0157. The highest BCUT2D eigenvalue weighted by atomic mass is 16.7. The topological polar surface area (TPSA) is 18.5 Å². The van der Waals surface area contributed by atoms with E-state index in [1.54, 1.807) is 0 Å². The Morgan fingerprint density at radius 2 is 1.93 bits per heavy atom. The minimum atomic E-state index is 0.320. The predicted octanol–water partition coefficient (Wildman–Crippen LogP) is 3.48. The maximum atomic E-state index is 5.39.